The Kier molecular flexibility index (Phi) is 8.03. The number of hydrogen-bond donors (Lipinski definition) is 1. The van der Waals surface area contributed by atoms with E-state index >= 15 is 0 Å². The summed E-state index contributed by atoms with van der Waals surface area (Å²) >= 11 is 0. The van der Waals surface area contributed by atoms with Crippen molar-refractivity contribution >= 4 is 38.4 Å². The average molecular weight is 573 g/mol. The van der Waals surface area contributed by atoms with E-state index in [1.165, 1.54) is 18.7 Å². The number of fused-ring (bicyclic) bond motifs is 1. The molecule has 3 heterocycles. The molecule has 1 unspecified atom stereocenters. The third-order valence-corrected chi connectivity index (χ3v) is 8.68. The van der Waals surface area contributed by atoms with Gasteiger partial charge in [0.25, 0.3) is 5.91 Å². The zero-order valence-corrected chi connectivity index (χ0v) is 24.1. The second-order valence-corrected chi connectivity index (χ2v) is 12.4. The van der Waals surface area contributed by atoms with E-state index in [1.54, 1.807) is 25.3 Å². The van der Waals surface area contributed by atoms with Gasteiger partial charge < -0.3 is 15.0 Å². The minimum absolute atomic E-state index is 0.142. The summed E-state index contributed by atoms with van der Waals surface area (Å²) in [6, 6.07) is 18.1. The van der Waals surface area contributed by atoms with Crippen molar-refractivity contribution in [2.75, 3.05) is 31.4 Å². The summed E-state index contributed by atoms with van der Waals surface area (Å²) in [4.78, 5) is 36.4. The molecule has 0 bridgehead atoms. The number of amides is 1. The van der Waals surface area contributed by atoms with E-state index in [-0.39, 0.29) is 28.9 Å². The molecule has 2 aromatic heterocycles. The molecule has 4 aromatic rings. The first-order valence-electron chi connectivity index (χ1n) is 13.4. The van der Waals surface area contributed by atoms with E-state index in [0.29, 0.717) is 22.7 Å². The first-order valence-corrected chi connectivity index (χ1v) is 15.3. The number of benzene rings is 2. The first kappa shape index (κ1) is 28.2. The van der Waals surface area contributed by atoms with Gasteiger partial charge in [0.05, 0.1) is 35.3 Å². The molecule has 0 spiro atoms. The number of methoxy groups -OCH3 is 1. The third-order valence-electron chi connectivity index (χ3n) is 7.44. The van der Waals surface area contributed by atoms with E-state index in [2.05, 4.69) is 15.2 Å². The highest BCUT2D eigenvalue weighted by Gasteiger charge is 2.23. The van der Waals surface area contributed by atoms with E-state index < -0.39 is 9.84 Å². The van der Waals surface area contributed by atoms with Crippen molar-refractivity contribution in [3.63, 3.8) is 0 Å². The molecule has 1 saturated heterocycles. The molecule has 1 aliphatic rings. The number of esters is 1. The molecule has 0 aliphatic carbocycles. The highest BCUT2D eigenvalue weighted by molar-refractivity contribution is 7.90. The summed E-state index contributed by atoms with van der Waals surface area (Å²) in [5, 5.41) is 3.73. The van der Waals surface area contributed by atoms with Crippen molar-refractivity contribution in [3.8, 4) is 0 Å². The molecule has 1 atom stereocenters. The van der Waals surface area contributed by atoms with E-state index in [0.717, 1.165) is 48.9 Å². The molecular weight excluding hydrogens is 540 g/mol. The van der Waals surface area contributed by atoms with Crippen LogP contribution in [0.5, 0.6) is 0 Å². The Morgan fingerprint density at radius 2 is 1.80 bits per heavy atom. The van der Waals surface area contributed by atoms with Gasteiger partial charge in [-0.2, -0.15) is 0 Å². The lowest BCUT2D eigenvalue weighted by Gasteiger charge is -2.34. The molecule has 212 valence electrons. The zero-order valence-electron chi connectivity index (χ0n) is 23.3. The van der Waals surface area contributed by atoms with E-state index in [1.807, 2.05) is 42.5 Å². The van der Waals surface area contributed by atoms with Crippen LogP contribution in [0.2, 0.25) is 0 Å². The summed E-state index contributed by atoms with van der Waals surface area (Å²) < 4.78 is 28.9. The van der Waals surface area contributed by atoms with Crippen molar-refractivity contribution in [2.45, 2.75) is 37.1 Å². The van der Waals surface area contributed by atoms with Crippen LogP contribution < -0.4 is 10.2 Å². The number of piperidine rings is 1. The van der Waals surface area contributed by atoms with Gasteiger partial charge in [0.15, 0.2) is 9.84 Å². The molecule has 0 radical (unpaired) electrons. The van der Waals surface area contributed by atoms with Crippen molar-refractivity contribution in [1.29, 1.82) is 0 Å². The highest BCUT2D eigenvalue weighted by Crippen LogP contribution is 2.30. The van der Waals surface area contributed by atoms with Gasteiger partial charge in [-0.15, -0.1) is 0 Å². The fourth-order valence-corrected chi connectivity index (χ4v) is 6.19. The number of aromatic nitrogens is 2. The number of rotatable bonds is 7. The van der Waals surface area contributed by atoms with Crippen LogP contribution in [-0.2, 0) is 21.1 Å². The number of carbonyl (C=O) groups is 2. The molecule has 1 N–H and O–H groups in total. The topological polar surface area (TPSA) is 119 Å². The monoisotopic (exact) mass is 572 g/mol. The van der Waals surface area contributed by atoms with Gasteiger partial charge in [-0.1, -0.05) is 18.2 Å². The first-order chi connectivity index (χ1) is 19.6. The number of ether oxygens (including phenoxy) is 1. The van der Waals surface area contributed by atoms with Crippen LogP contribution in [-0.4, -0.2) is 56.7 Å². The van der Waals surface area contributed by atoms with Gasteiger partial charge in [0, 0.05) is 42.4 Å². The number of aryl methyl sites for hydroxylation is 1. The maximum absolute atomic E-state index is 12.8. The van der Waals surface area contributed by atoms with Gasteiger partial charge in [0.1, 0.15) is 5.82 Å². The van der Waals surface area contributed by atoms with Crippen LogP contribution in [0.25, 0.3) is 10.9 Å². The Labute approximate surface area is 239 Å². The number of pyridine rings is 2. The molecule has 1 aliphatic heterocycles. The Balaban J connectivity index is 1.28. The predicted molar refractivity (Wildman–Crippen MR) is 157 cm³/mol. The van der Waals surface area contributed by atoms with Gasteiger partial charge in [-0.3, -0.25) is 9.78 Å². The third kappa shape index (κ3) is 6.38. The Morgan fingerprint density at radius 3 is 2.54 bits per heavy atom. The van der Waals surface area contributed by atoms with Gasteiger partial charge >= 0.3 is 5.97 Å². The maximum Gasteiger partial charge on any atom is 0.337 e. The van der Waals surface area contributed by atoms with Gasteiger partial charge in [-0.25, -0.2) is 18.2 Å². The van der Waals surface area contributed by atoms with Crippen molar-refractivity contribution < 1.29 is 22.7 Å². The fourth-order valence-electron chi connectivity index (χ4n) is 5.20. The fraction of sp³-hybridized carbons (Fsp3) is 0.290. The molecule has 10 heteroatoms. The van der Waals surface area contributed by atoms with Crippen molar-refractivity contribution in [1.82, 2.24) is 15.3 Å². The van der Waals surface area contributed by atoms with Gasteiger partial charge in [0.2, 0.25) is 0 Å². The molecule has 9 nitrogen and oxygen atoms in total. The maximum atomic E-state index is 12.8. The lowest BCUT2D eigenvalue weighted by molar-refractivity contribution is 0.0600. The van der Waals surface area contributed by atoms with E-state index in [9.17, 15) is 18.0 Å². The molecule has 5 rings (SSSR count). The molecular formula is C31H32N4O5S. The normalized spacial score (nSPS) is 15.5. The number of nitrogens with zero attached hydrogens (tertiary/aromatic N) is 3. The number of sulfone groups is 1. The average Bonchev–Trinajstić information content (AvgIpc) is 2.98. The molecule has 2 aromatic carbocycles. The molecule has 1 amide bonds. The quantitative estimate of drug-likeness (QED) is 0.323. The summed E-state index contributed by atoms with van der Waals surface area (Å²) in [7, 11) is -2.06. The second-order valence-electron chi connectivity index (χ2n) is 10.4. The lowest BCUT2D eigenvalue weighted by Crippen LogP contribution is -2.34. The highest BCUT2D eigenvalue weighted by atomic mass is 32.2. The van der Waals surface area contributed by atoms with Crippen LogP contribution in [0.15, 0.2) is 71.8 Å². The summed E-state index contributed by atoms with van der Waals surface area (Å²) in [5.74, 6) is 0.480. The Bertz CT molecular complexity index is 1720. The second kappa shape index (κ2) is 11.7. The molecule has 0 saturated carbocycles. The standard InChI is InChI=1S/C31H32N4O5S/c1-20-6-7-23(15-28(20)41(3,38)39)30(36)33-18-26-16-27-24(17-32-26)12-13-29(34-27)35-14-4-5-25(19-35)21-8-10-22(11-9-21)31(37)40-2/h6-13,15-17,25H,4-5,14,18-19H2,1-3H3,(H,33,36). The SMILES string of the molecule is COC(=O)c1ccc(C2CCCN(c3ccc4cnc(CNC(=O)c5ccc(C)c(S(C)(=O)=O)c5)cc4n3)C2)cc1. The number of anilines is 1. The van der Waals surface area contributed by atoms with Crippen molar-refractivity contribution in [2.24, 2.45) is 0 Å². The lowest BCUT2D eigenvalue weighted by atomic mass is 9.90. The zero-order chi connectivity index (χ0) is 29.1. The number of carbonyl (C=O) groups excluding carboxylic acids is 2. The minimum atomic E-state index is -3.44. The molecule has 41 heavy (non-hydrogen) atoms. The minimum Gasteiger partial charge on any atom is -0.465 e. The van der Waals surface area contributed by atoms with Crippen LogP contribution in [0, 0.1) is 6.92 Å². The predicted octanol–water partition coefficient (Wildman–Crippen LogP) is 4.44. The van der Waals surface area contributed by atoms with Crippen molar-refractivity contribution in [3.05, 3.63) is 94.8 Å². The Hall–Kier alpha value is -4.31. The van der Waals surface area contributed by atoms with Crippen LogP contribution in [0.1, 0.15) is 56.3 Å². The largest absolute Gasteiger partial charge is 0.465 e. The van der Waals surface area contributed by atoms with Crippen LogP contribution in [0.3, 0.4) is 0 Å². The summed E-state index contributed by atoms with van der Waals surface area (Å²) in [5.41, 5.74) is 4.02. The number of hydrogen-bond acceptors (Lipinski definition) is 8. The van der Waals surface area contributed by atoms with Gasteiger partial charge in [-0.05, 0) is 73.4 Å². The molecule has 1 fully saturated rings. The van der Waals surface area contributed by atoms with Crippen LogP contribution >= 0.6 is 0 Å². The summed E-state index contributed by atoms with van der Waals surface area (Å²) in [6.45, 7) is 3.59. The smallest absolute Gasteiger partial charge is 0.337 e. The Morgan fingerprint density at radius 1 is 1.05 bits per heavy atom. The number of nitrogens with one attached hydrogen (secondary N) is 1. The van der Waals surface area contributed by atoms with Crippen LogP contribution in [0.4, 0.5) is 5.82 Å². The summed E-state index contributed by atoms with van der Waals surface area (Å²) in [6.07, 6.45) is 4.95. The van der Waals surface area contributed by atoms with E-state index in [4.69, 9.17) is 9.72 Å².